The molecule has 0 fully saturated rings. The van der Waals surface area contributed by atoms with Gasteiger partial charge in [-0.3, -0.25) is 4.98 Å². The van der Waals surface area contributed by atoms with Crippen LogP contribution < -0.4 is 0 Å². The van der Waals surface area contributed by atoms with Gasteiger partial charge in [-0.25, -0.2) is 8.78 Å². The molecule has 3 heterocycles. The molecule has 130 valence electrons. The van der Waals surface area contributed by atoms with Crippen LogP contribution in [0.2, 0.25) is 0 Å². The van der Waals surface area contributed by atoms with Crippen LogP contribution in [0, 0.1) is 11.6 Å². The number of oxime groups is 1. The molecule has 0 aliphatic rings. The maximum Gasteiger partial charge on any atom is 0.177 e. The summed E-state index contributed by atoms with van der Waals surface area (Å²) in [6.07, 6.45) is 1.33. The van der Waals surface area contributed by atoms with Crippen LogP contribution in [-0.4, -0.2) is 35.7 Å². The summed E-state index contributed by atoms with van der Waals surface area (Å²) in [5.74, 6) is -1.14. The molecule has 9 heteroatoms. The summed E-state index contributed by atoms with van der Waals surface area (Å²) in [6.45, 7) is 1.58. The zero-order chi connectivity index (χ0) is 18.3. The van der Waals surface area contributed by atoms with E-state index >= 15 is 0 Å². The molecular formula is C17H12F2N6O. The van der Waals surface area contributed by atoms with Gasteiger partial charge in [-0.2, -0.15) is 9.61 Å². The highest BCUT2D eigenvalue weighted by Crippen LogP contribution is 2.24. The van der Waals surface area contributed by atoms with E-state index in [-0.39, 0.29) is 28.7 Å². The third kappa shape index (κ3) is 2.53. The second-order valence-electron chi connectivity index (χ2n) is 5.69. The highest BCUT2D eigenvalue weighted by molar-refractivity contribution is 5.96. The molecule has 1 aromatic carbocycles. The van der Waals surface area contributed by atoms with Gasteiger partial charge in [-0.15, -0.1) is 10.2 Å². The van der Waals surface area contributed by atoms with Crippen LogP contribution in [0.15, 0.2) is 41.7 Å². The Balaban J connectivity index is 1.84. The van der Waals surface area contributed by atoms with Crippen LogP contribution in [0.4, 0.5) is 8.78 Å². The minimum atomic E-state index is -0.713. The quantitative estimate of drug-likeness (QED) is 0.347. The Morgan fingerprint density at radius 1 is 1.23 bits per heavy atom. The van der Waals surface area contributed by atoms with Gasteiger partial charge in [0, 0.05) is 29.6 Å². The molecule has 0 unspecified atom stereocenters. The van der Waals surface area contributed by atoms with Crippen molar-refractivity contribution in [2.75, 3.05) is 0 Å². The minimum Gasteiger partial charge on any atom is -0.411 e. The predicted molar refractivity (Wildman–Crippen MR) is 89.2 cm³/mol. The lowest BCUT2D eigenvalue weighted by Gasteiger charge is -2.07. The largest absolute Gasteiger partial charge is 0.411 e. The number of hydrogen-bond acceptors (Lipinski definition) is 6. The average molecular weight is 354 g/mol. The molecule has 0 saturated heterocycles. The molecular weight excluding hydrogens is 342 g/mol. The van der Waals surface area contributed by atoms with Gasteiger partial charge in [0.2, 0.25) is 0 Å². The molecule has 7 nitrogen and oxygen atoms in total. The van der Waals surface area contributed by atoms with Gasteiger partial charge in [-0.05, 0) is 31.2 Å². The van der Waals surface area contributed by atoms with Gasteiger partial charge in [-0.1, -0.05) is 5.16 Å². The van der Waals surface area contributed by atoms with Gasteiger partial charge in [0.25, 0.3) is 0 Å². The van der Waals surface area contributed by atoms with Crippen molar-refractivity contribution in [3.63, 3.8) is 0 Å². The van der Waals surface area contributed by atoms with Crippen LogP contribution in [0.5, 0.6) is 0 Å². The Hall–Kier alpha value is -3.49. The smallest absolute Gasteiger partial charge is 0.177 e. The van der Waals surface area contributed by atoms with E-state index in [9.17, 15) is 8.78 Å². The molecule has 0 radical (unpaired) electrons. The van der Waals surface area contributed by atoms with E-state index in [4.69, 9.17) is 5.21 Å². The molecule has 0 amide bonds. The second kappa shape index (κ2) is 6.10. The first kappa shape index (κ1) is 16.0. The van der Waals surface area contributed by atoms with E-state index in [1.54, 1.807) is 31.2 Å². The van der Waals surface area contributed by atoms with Crippen molar-refractivity contribution < 1.29 is 14.0 Å². The molecule has 0 atom stereocenters. The fraction of sp³-hybridized carbons (Fsp3) is 0.118. The van der Waals surface area contributed by atoms with Crippen molar-refractivity contribution in [3.8, 4) is 0 Å². The summed E-state index contributed by atoms with van der Waals surface area (Å²) < 4.78 is 30.6. The topological polar surface area (TPSA) is 88.6 Å². The molecule has 3 aromatic heterocycles. The van der Waals surface area contributed by atoms with Crippen molar-refractivity contribution in [1.29, 1.82) is 0 Å². The summed E-state index contributed by atoms with van der Waals surface area (Å²) in [7, 11) is 0. The van der Waals surface area contributed by atoms with E-state index in [1.165, 1.54) is 16.8 Å². The molecule has 0 aliphatic heterocycles. The third-order valence-electron chi connectivity index (χ3n) is 4.07. The third-order valence-corrected chi connectivity index (χ3v) is 4.07. The zero-order valence-electron chi connectivity index (χ0n) is 13.6. The first-order valence-electron chi connectivity index (χ1n) is 7.70. The van der Waals surface area contributed by atoms with E-state index in [0.717, 1.165) is 0 Å². The average Bonchev–Trinajstić information content (AvgIpc) is 3.06. The Morgan fingerprint density at radius 2 is 2.08 bits per heavy atom. The van der Waals surface area contributed by atoms with E-state index in [0.29, 0.717) is 17.1 Å². The van der Waals surface area contributed by atoms with Gasteiger partial charge >= 0.3 is 0 Å². The molecule has 0 spiro atoms. The Kier molecular flexibility index (Phi) is 3.76. The first-order chi connectivity index (χ1) is 12.6. The molecule has 0 aliphatic carbocycles. The number of aromatic nitrogens is 5. The van der Waals surface area contributed by atoms with Crippen LogP contribution in [0.25, 0.3) is 16.6 Å². The molecule has 4 aromatic rings. The maximum absolute atomic E-state index is 14.8. The summed E-state index contributed by atoms with van der Waals surface area (Å²) in [6, 6.07) is 7.57. The Bertz CT molecular complexity index is 1170. The van der Waals surface area contributed by atoms with Gasteiger partial charge in [0.05, 0.1) is 5.52 Å². The van der Waals surface area contributed by atoms with Crippen molar-refractivity contribution >= 4 is 22.3 Å². The van der Waals surface area contributed by atoms with Gasteiger partial charge in [0.1, 0.15) is 23.0 Å². The Morgan fingerprint density at radius 3 is 2.88 bits per heavy atom. The fourth-order valence-electron chi connectivity index (χ4n) is 2.70. The minimum absolute atomic E-state index is 0.139. The van der Waals surface area contributed by atoms with Crippen LogP contribution in [0.1, 0.15) is 24.0 Å². The molecule has 0 bridgehead atoms. The highest BCUT2D eigenvalue weighted by Gasteiger charge is 2.18. The lowest BCUT2D eigenvalue weighted by molar-refractivity contribution is 0.319. The predicted octanol–water partition coefficient (Wildman–Crippen LogP) is 2.74. The van der Waals surface area contributed by atoms with E-state index < -0.39 is 11.6 Å². The number of pyridine rings is 1. The number of nitrogens with zero attached hydrogens (tertiary/aromatic N) is 6. The van der Waals surface area contributed by atoms with Crippen LogP contribution in [-0.2, 0) is 6.42 Å². The summed E-state index contributed by atoms with van der Waals surface area (Å²) in [5, 5.41) is 24.4. The first-order valence-corrected chi connectivity index (χ1v) is 7.70. The molecule has 4 rings (SSSR count). The highest BCUT2D eigenvalue weighted by atomic mass is 19.1. The summed E-state index contributed by atoms with van der Waals surface area (Å²) in [4.78, 5) is 3.97. The number of halogens is 2. The number of rotatable bonds is 3. The van der Waals surface area contributed by atoms with Crippen LogP contribution >= 0.6 is 0 Å². The summed E-state index contributed by atoms with van der Waals surface area (Å²) >= 11 is 0. The monoisotopic (exact) mass is 354 g/mol. The lowest BCUT2D eigenvalue weighted by Crippen LogP contribution is -2.08. The van der Waals surface area contributed by atoms with Crippen molar-refractivity contribution in [2.24, 2.45) is 5.16 Å². The van der Waals surface area contributed by atoms with Crippen LogP contribution in [0.3, 0.4) is 0 Å². The zero-order valence-corrected chi connectivity index (χ0v) is 13.6. The Labute approximate surface area is 145 Å². The molecule has 26 heavy (non-hydrogen) atoms. The SMILES string of the molecule is C/C(=N/O)c1ccc2nnc(Cc3c(F)cc4ncccc4c3F)n2n1. The van der Waals surface area contributed by atoms with Crippen molar-refractivity contribution in [2.45, 2.75) is 13.3 Å². The maximum atomic E-state index is 14.8. The second-order valence-corrected chi connectivity index (χ2v) is 5.69. The molecule has 0 saturated carbocycles. The van der Waals surface area contributed by atoms with E-state index in [1.807, 2.05) is 0 Å². The van der Waals surface area contributed by atoms with Gasteiger partial charge < -0.3 is 5.21 Å². The van der Waals surface area contributed by atoms with Crippen molar-refractivity contribution in [1.82, 2.24) is 24.8 Å². The van der Waals surface area contributed by atoms with E-state index in [2.05, 4.69) is 25.4 Å². The fourth-order valence-corrected chi connectivity index (χ4v) is 2.70. The van der Waals surface area contributed by atoms with Crippen molar-refractivity contribution in [3.05, 3.63) is 65.2 Å². The van der Waals surface area contributed by atoms with Gasteiger partial charge in [0.15, 0.2) is 11.5 Å². The number of hydrogen-bond donors (Lipinski definition) is 1. The lowest BCUT2D eigenvalue weighted by atomic mass is 10.1. The summed E-state index contributed by atoms with van der Waals surface area (Å²) in [5.41, 5.74) is 1.20. The molecule has 1 N–H and O–H groups in total. The normalized spacial score (nSPS) is 12.2. The standard InChI is InChI=1S/C17H12F2N6O/c1-9(24-26)13-4-5-15-21-22-16(25(15)23-13)7-11-12(18)8-14-10(17(11)19)3-2-6-20-14/h2-6,8,26H,7H2,1H3/b24-9-. The number of fused-ring (bicyclic) bond motifs is 2. The number of benzene rings is 1.